The van der Waals surface area contributed by atoms with Crippen LogP contribution in [0.25, 0.3) is 0 Å². The summed E-state index contributed by atoms with van der Waals surface area (Å²) in [6.07, 6.45) is 13.0. The van der Waals surface area contributed by atoms with E-state index < -0.39 is 0 Å². The Morgan fingerprint density at radius 1 is 1.00 bits per heavy atom. The molecular weight excluding hydrogens is 288 g/mol. The summed E-state index contributed by atoms with van der Waals surface area (Å²) in [7, 11) is 0. The lowest BCUT2D eigenvalue weighted by molar-refractivity contribution is -0.175. The van der Waals surface area contributed by atoms with E-state index >= 15 is 0 Å². The molecule has 0 nitrogen and oxygen atoms in total. The first-order chi connectivity index (χ1) is 11.2. The Morgan fingerprint density at radius 3 is 2.25 bits per heavy atom. The molecule has 7 unspecified atom stereocenters. The van der Waals surface area contributed by atoms with Gasteiger partial charge in [0.15, 0.2) is 0 Å². The largest absolute Gasteiger partial charge is 0.0996 e. The molecule has 7 atom stereocenters. The van der Waals surface area contributed by atoms with E-state index in [1.54, 1.807) is 0 Å². The Morgan fingerprint density at radius 2 is 1.67 bits per heavy atom. The number of allylic oxidation sites excluding steroid dienone is 1. The third-order valence-electron chi connectivity index (χ3n) is 9.79. The van der Waals surface area contributed by atoms with Gasteiger partial charge in [0.2, 0.25) is 0 Å². The van der Waals surface area contributed by atoms with Crippen LogP contribution in [0.2, 0.25) is 0 Å². The van der Waals surface area contributed by atoms with E-state index in [2.05, 4.69) is 48.1 Å². The van der Waals surface area contributed by atoms with Crippen molar-refractivity contribution in [2.45, 2.75) is 99.3 Å². The fourth-order valence-corrected chi connectivity index (χ4v) is 7.89. The Hall–Kier alpha value is -0.260. The van der Waals surface area contributed by atoms with Crippen molar-refractivity contribution in [3.63, 3.8) is 0 Å². The average Bonchev–Trinajstić information content (AvgIpc) is 2.54. The maximum Gasteiger partial charge on any atom is -0.00907 e. The lowest BCUT2D eigenvalue weighted by Gasteiger charge is -2.67. The lowest BCUT2D eigenvalue weighted by Crippen LogP contribution is -2.59. The highest BCUT2D eigenvalue weighted by Gasteiger charge is 2.62. The van der Waals surface area contributed by atoms with E-state index in [0.29, 0.717) is 16.2 Å². The quantitative estimate of drug-likeness (QED) is 0.466. The molecule has 0 aromatic carbocycles. The normalized spacial score (nSPS) is 51.6. The molecule has 3 fully saturated rings. The molecule has 3 rings (SSSR count). The highest BCUT2D eigenvalue weighted by molar-refractivity contribution is 5.17. The third-order valence-corrected chi connectivity index (χ3v) is 9.79. The summed E-state index contributed by atoms with van der Waals surface area (Å²) < 4.78 is 0. The monoisotopic (exact) mass is 330 g/mol. The van der Waals surface area contributed by atoms with Gasteiger partial charge in [-0.3, -0.25) is 0 Å². The summed E-state index contributed by atoms with van der Waals surface area (Å²) in [6.45, 7) is 19.6. The molecule has 0 spiro atoms. The topological polar surface area (TPSA) is 0 Å². The van der Waals surface area contributed by atoms with Crippen molar-refractivity contribution < 1.29 is 0 Å². The number of hydrogen-bond donors (Lipinski definition) is 0. The van der Waals surface area contributed by atoms with E-state index in [1.807, 2.05) is 0 Å². The molecule has 0 heterocycles. The molecule has 3 aliphatic rings. The van der Waals surface area contributed by atoms with Gasteiger partial charge in [-0.15, -0.1) is 0 Å². The van der Waals surface area contributed by atoms with Gasteiger partial charge in [-0.1, -0.05) is 72.5 Å². The zero-order valence-electron chi connectivity index (χ0n) is 17.4. The first kappa shape index (κ1) is 18.5. The number of rotatable bonds is 3. The molecule has 0 aliphatic heterocycles. The van der Waals surface area contributed by atoms with Crippen molar-refractivity contribution in [3.05, 3.63) is 12.2 Å². The van der Waals surface area contributed by atoms with Gasteiger partial charge in [0.1, 0.15) is 0 Å². The summed E-state index contributed by atoms with van der Waals surface area (Å²) >= 11 is 0. The van der Waals surface area contributed by atoms with Crippen LogP contribution < -0.4 is 0 Å². The zero-order chi connectivity index (χ0) is 17.8. The van der Waals surface area contributed by atoms with E-state index in [1.165, 1.54) is 63.4 Å². The van der Waals surface area contributed by atoms with Crippen molar-refractivity contribution in [2.24, 2.45) is 39.9 Å². The highest BCUT2D eigenvalue weighted by atomic mass is 14.7. The van der Waals surface area contributed by atoms with Crippen LogP contribution in [0.3, 0.4) is 0 Å². The van der Waals surface area contributed by atoms with Gasteiger partial charge in [0.05, 0.1) is 0 Å². The SMILES string of the molecule is C=C(C)C1(C)CCC2C(C(CC)CC3(C)CCCCC23C)C1CC. The minimum atomic E-state index is 0.377. The summed E-state index contributed by atoms with van der Waals surface area (Å²) in [5.41, 5.74) is 3.01. The summed E-state index contributed by atoms with van der Waals surface area (Å²) in [4.78, 5) is 0. The Labute approximate surface area is 151 Å². The van der Waals surface area contributed by atoms with Crippen molar-refractivity contribution in [2.75, 3.05) is 0 Å². The Kier molecular flexibility index (Phi) is 4.76. The van der Waals surface area contributed by atoms with Gasteiger partial charge in [0, 0.05) is 0 Å². The maximum atomic E-state index is 4.45. The van der Waals surface area contributed by atoms with Gasteiger partial charge < -0.3 is 0 Å². The summed E-state index contributed by atoms with van der Waals surface area (Å²) in [6, 6.07) is 0. The summed E-state index contributed by atoms with van der Waals surface area (Å²) in [5, 5.41) is 0. The zero-order valence-corrected chi connectivity index (χ0v) is 17.4. The van der Waals surface area contributed by atoms with Crippen LogP contribution in [0.1, 0.15) is 99.3 Å². The second-order valence-corrected chi connectivity index (χ2v) is 10.5. The fraction of sp³-hybridized carbons (Fsp3) is 0.917. The smallest absolute Gasteiger partial charge is 0.00907 e. The predicted octanol–water partition coefficient (Wildman–Crippen LogP) is 7.64. The molecule has 0 aromatic heterocycles. The van der Waals surface area contributed by atoms with Crippen LogP contribution in [-0.2, 0) is 0 Å². The standard InChI is InChI=1S/C24H42/c1-8-18-16-22(5)13-10-11-14-24(22,7)20-12-15-23(6,17(3)4)19(9-2)21(18)20/h18-21H,3,8-16H2,1-2,4-7H3. The summed E-state index contributed by atoms with van der Waals surface area (Å²) in [5.74, 6) is 3.68. The number of fused-ring (bicyclic) bond motifs is 3. The minimum absolute atomic E-state index is 0.377. The molecule has 0 N–H and O–H groups in total. The second-order valence-electron chi connectivity index (χ2n) is 10.5. The van der Waals surface area contributed by atoms with Crippen molar-refractivity contribution in [1.29, 1.82) is 0 Å². The second kappa shape index (κ2) is 6.17. The van der Waals surface area contributed by atoms with Gasteiger partial charge in [-0.2, -0.15) is 0 Å². The van der Waals surface area contributed by atoms with Crippen LogP contribution in [-0.4, -0.2) is 0 Å². The van der Waals surface area contributed by atoms with Gasteiger partial charge >= 0.3 is 0 Å². The minimum Gasteiger partial charge on any atom is -0.0996 e. The van der Waals surface area contributed by atoms with Crippen LogP contribution in [0.15, 0.2) is 12.2 Å². The molecular formula is C24H42. The molecule has 138 valence electrons. The van der Waals surface area contributed by atoms with Crippen LogP contribution in [0.5, 0.6) is 0 Å². The molecule has 24 heavy (non-hydrogen) atoms. The maximum absolute atomic E-state index is 4.45. The first-order valence-electron chi connectivity index (χ1n) is 10.9. The van der Waals surface area contributed by atoms with Gasteiger partial charge in [0.25, 0.3) is 0 Å². The van der Waals surface area contributed by atoms with E-state index in [4.69, 9.17) is 0 Å². The molecule has 0 amide bonds. The van der Waals surface area contributed by atoms with Gasteiger partial charge in [-0.25, -0.2) is 0 Å². The Bertz CT molecular complexity index is 490. The van der Waals surface area contributed by atoms with Crippen molar-refractivity contribution in [1.82, 2.24) is 0 Å². The molecule has 3 aliphatic carbocycles. The van der Waals surface area contributed by atoms with Gasteiger partial charge in [-0.05, 0) is 78.9 Å². The van der Waals surface area contributed by atoms with E-state index in [-0.39, 0.29) is 0 Å². The molecule has 0 radical (unpaired) electrons. The fourth-order valence-electron chi connectivity index (χ4n) is 7.89. The van der Waals surface area contributed by atoms with Crippen LogP contribution >= 0.6 is 0 Å². The highest BCUT2D eigenvalue weighted by Crippen LogP contribution is 2.70. The predicted molar refractivity (Wildman–Crippen MR) is 106 cm³/mol. The van der Waals surface area contributed by atoms with Crippen LogP contribution in [0.4, 0.5) is 0 Å². The molecule has 0 saturated heterocycles. The average molecular weight is 331 g/mol. The molecule has 0 heteroatoms. The lowest BCUT2D eigenvalue weighted by atomic mass is 9.37. The third kappa shape index (κ3) is 2.38. The molecule has 0 aromatic rings. The Balaban J connectivity index is 2.04. The molecule has 3 saturated carbocycles. The van der Waals surface area contributed by atoms with Crippen molar-refractivity contribution in [3.8, 4) is 0 Å². The van der Waals surface area contributed by atoms with Crippen LogP contribution in [0, 0.1) is 39.9 Å². The van der Waals surface area contributed by atoms with Crippen molar-refractivity contribution >= 4 is 0 Å². The first-order valence-corrected chi connectivity index (χ1v) is 10.9. The van der Waals surface area contributed by atoms with E-state index in [0.717, 1.165) is 23.7 Å². The molecule has 0 bridgehead atoms. The van der Waals surface area contributed by atoms with E-state index in [9.17, 15) is 0 Å². The number of hydrogen-bond acceptors (Lipinski definition) is 0.